The zero-order valence-corrected chi connectivity index (χ0v) is 14.7. The minimum atomic E-state index is -0.881. The van der Waals surface area contributed by atoms with Gasteiger partial charge in [0.25, 0.3) is 0 Å². The quantitative estimate of drug-likeness (QED) is 0.623. The number of nitrogens with two attached hydrogens (primary N) is 1. The van der Waals surface area contributed by atoms with Crippen molar-refractivity contribution in [3.8, 4) is 5.75 Å². The molecule has 25 heavy (non-hydrogen) atoms. The molecule has 0 saturated heterocycles. The molecule has 2 N–H and O–H groups in total. The number of Topliss-reactive ketones (excluding diaryl/α,β-unsaturated/α-hetero) is 1. The summed E-state index contributed by atoms with van der Waals surface area (Å²) < 4.78 is 5.11. The summed E-state index contributed by atoms with van der Waals surface area (Å²) in [6.45, 7) is 7.43. The van der Waals surface area contributed by atoms with E-state index >= 15 is 0 Å². The molecule has 130 valence electrons. The molecule has 0 aliphatic heterocycles. The molecule has 0 radical (unpaired) electrons. The van der Waals surface area contributed by atoms with Gasteiger partial charge in [-0.3, -0.25) is 4.79 Å². The van der Waals surface area contributed by atoms with E-state index in [1.807, 2.05) is 20.8 Å². The molecule has 0 aliphatic rings. The monoisotopic (exact) mass is 339 g/mol. The van der Waals surface area contributed by atoms with Gasteiger partial charge in [0, 0.05) is 11.1 Å². The van der Waals surface area contributed by atoms with Crippen LogP contribution in [0, 0.1) is 0 Å². The van der Waals surface area contributed by atoms with E-state index in [2.05, 4.69) is 10.2 Å². The summed E-state index contributed by atoms with van der Waals surface area (Å²) in [6.07, 6.45) is -0.881. The summed E-state index contributed by atoms with van der Waals surface area (Å²) in [5.41, 5.74) is 7.23. The second-order valence-electron chi connectivity index (χ2n) is 6.63. The first kappa shape index (κ1) is 18.3. The third-order valence-corrected chi connectivity index (χ3v) is 3.49. The van der Waals surface area contributed by atoms with Crippen LogP contribution in [0.15, 0.2) is 52.7 Å². The highest BCUT2D eigenvalue weighted by Crippen LogP contribution is 2.39. The summed E-state index contributed by atoms with van der Waals surface area (Å²) in [5.74, 6) is 0.318. The molecule has 0 unspecified atom stereocenters. The third-order valence-electron chi connectivity index (χ3n) is 3.49. The Morgan fingerprint density at radius 3 is 2.32 bits per heavy atom. The Morgan fingerprint density at radius 1 is 1.04 bits per heavy atom. The van der Waals surface area contributed by atoms with Gasteiger partial charge < -0.3 is 10.5 Å². The predicted octanol–water partition coefficient (Wildman–Crippen LogP) is 5.06. The van der Waals surface area contributed by atoms with Crippen LogP contribution in [0.5, 0.6) is 5.75 Å². The maximum absolute atomic E-state index is 11.5. The van der Waals surface area contributed by atoms with Gasteiger partial charge >= 0.3 is 6.09 Å². The smallest absolute Gasteiger partial charge is 0.409 e. The number of amides is 1. The fraction of sp³-hybridized carbons (Fsp3) is 0.263. The average molecular weight is 339 g/mol. The maximum Gasteiger partial charge on any atom is 0.409 e. The van der Waals surface area contributed by atoms with Crippen LogP contribution in [0.4, 0.5) is 16.2 Å². The lowest BCUT2D eigenvalue weighted by Gasteiger charge is -2.23. The van der Waals surface area contributed by atoms with Crippen molar-refractivity contribution in [2.24, 2.45) is 16.0 Å². The molecule has 6 nitrogen and oxygen atoms in total. The lowest BCUT2D eigenvalue weighted by atomic mass is 9.85. The Kier molecular flexibility index (Phi) is 5.32. The zero-order chi connectivity index (χ0) is 18.6. The van der Waals surface area contributed by atoms with E-state index in [9.17, 15) is 9.59 Å². The molecule has 0 spiro atoms. The second-order valence-corrected chi connectivity index (χ2v) is 6.63. The van der Waals surface area contributed by atoms with E-state index in [0.29, 0.717) is 22.7 Å². The molecule has 0 saturated carbocycles. The highest BCUT2D eigenvalue weighted by molar-refractivity contribution is 5.94. The number of carbonyl (C=O) groups is 2. The van der Waals surface area contributed by atoms with E-state index in [1.54, 1.807) is 42.5 Å². The van der Waals surface area contributed by atoms with Gasteiger partial charge in [-0.15, -0.1) is 0 Å². The van der Waals surface area contributed by atoms with Crippen molar-refractivity contribution in [3.63, 3.8) is 0 Å². The molecule has 2 aromatic carbocycles. The average Bonchev–Trinajstić information content (AvgIpc) is 2.51. The molecule has 0 bridgehead atoms. The minimum absolute atomic E-state index is 0.0377. The lowest BCUT2D eigenvalue weighted by molar-refractivity contribution is 0.101. The molecule has 0 heterocycles. The molecule has 0 fully saturated rings. The molecular formula is C19H21N3O3. The first-order valence-corrected chi connectivity index (χ1v) is 7.82. The topological polar surface area (TPSA) is 94.1 Å². The van der Waals surface area contributed by atoms with Gasteiger partial charge in [-0.1, -0.05) is 39.0 Å². The van der Waals surface area contributed by atoms with Gasteiger partial charge in [0.1, 0.15) is 5.75 Å². The van der Waals surface area contributed by atoms with Crippen LogP contribution < -0.4 is 10.5 Å². The Morgan fingerprint density at radius 2 is 1.72 bits per heavy atom. The molecule has 0 aromatic heterocycles. The van der Waals surface area contributed by atoms with Crippen LogP contribution in [0.25, 0.3) is 0 Å². The number of rotatable bonds is 4. The normalized spacial score (nSPS) is 11.5. The van der Waals surface area contributed by atoms with Gasteiger partial charge in [-0.05, 0) is 36.6 Å². The van der Waals surface area contributed by atoms with Crippen molar-refractivity contribution in [3.05, 3.63) is 53.6 Å². The Bertz CT molecular complexity index is 836. The van der Waals surface area contributed by atoms with E-state index in [1.165, 1.54) is 6.92 Å². The summed E-state index contributed by atoms with van der Waals surface area (Å²) in [7, 11) is 0. The molecule has 0 atom stereocenters. The Labute approximate surface area is 146 Å². The number of carbonyl (C=O) groups excluding carboxylic acids is 2. The number of hydrogen-bond acceptors (Lipinski definition) is 5. The van der Waals surface area contributed by atoms with Gasteiger partial charge in [-0.2, -0.15) is 10.2 Å². The van der Waals surface area contributed by atoms with E-state index in [4.69, 9.17) is 10.5 Å². The Balaban J connectivity index is 2.47. The molecule has 6 heteroatoms. The van der Waals surface area contributed by atoms with Crippen LogP contribution in [0.1, 0.15) is 43.6 Å². The summed E-state index contributed by atoms with van der Waals surface area (Å²) >= 11 is 0. The first-order valence-electron chi connectivity index (χ1n) is 7.82. The molecule has 2 aromatic rings. The summed E-state index contributed by atoms with van der Waals surface area (Å²) in [4.78, 5) is 22.6. The first-order chi connectivity index (χ1) is 11.7. The van der Waals surface area contributed by atoms with Crippen molar-refractivity contribution in [2.45, 2.75) is 33.1 Å². The van der Waals surface area contributed by atoms with Crippen LogP contribution in [0.2, 0.25) is 0 Å². The molecule has 1 amide bonds. The van der Waals surface area contributed by atoms with Crippen molar-refractivity contribution >= 4 is 23.3 Å². The zero-order valence-electron chi connectivity index (χ0n) is 14.7. The highest BCUT2D eigenvalue weighted by atomic mass is 16.5. The van der Waals surface area contributed by atoms with Gasteiger partial charge in [0.15, 0.2) is 5.78 Å². The second kappa shape index (κ2) is 7.25. The lowest BCUT2D eigenvalue weighted by Crippen LogP contribution is -2.20. The number of ketones is 1. The predicted molar refractivity (Wildman–Crippen MR) is 96.0 cm³/mol. The van der Waals surface area contributed by atoms with Crippen LogP contribution in [0.3, 0.4) is 0 Å². The fourth-order valence-corrected chi connectivity index (χ4v) is 2.45. The number of hydrogen-bond donors (Lipinski definition) is 1. The van der Waals surface area contributed by atoms with Crippen molar-refractivity contribution in [2.75, 3.05) is 0 Å². The number of nitrogens with zero attached hydrogens (tertiary/aromatic N) is 2. The Hall–Kier alpha value is -3.02. The van der Waals surface area contributed by atoms with Crippen molar-refractivity contribution < 1.29 is 14.3 Å². The largest absolute Gasteiger partial charge is 0.410 e. The molecular weight excluding hydrogens is 318 g/mol. The van der Waals surface area contributed by atoms with Gasteiger partial charge in [-0.25, -0.2) is 4.79 Å². The number of primary amides is 1. The fourth-order valence-electron chi connectivity index (χ4n) is 2.45. The van der Waals surface area contributed by atoms with E-state index in [0.717, 1.165) is 5.56 Å². The third kappa shape index (κ3) is 4.73. The minimum Gasteiger partial charge on any atom is -0.410 e. The number of ether oxygens (including phenoxy) is 1. The van der Waals surface area contributed by atoms with Crippen molar-refractivity contribution in [1.29, 1.82) is 0 Å². The number of benzene rings is 2. The van der Waals surface area contributed by atoms with Gasteiger partial charge in [0.05, 0.1) is 11.4 Å². The number of azo groups is 1. The maximum atomic E-state index is 11.5. The summed E-state index contributed by atoms with van der Waals surface area (Å²) in [5, 5.41) is 8.51. The van der Waals surface area contributed by atoms with Crippen LogP contribution in [-0.2, 0) is 5.41 Å². The van der Waals surface area contributed by atoms with E-state index in [-0.39, 0.29) is 11.2 Å². The van der Waals surface area contributed by atoms with E-state index < -0.39 is 6.09 Å². The standard InChI is InChI=1S/C19H21N3O3/c1-12(23)13-7-5-8-14(11-13)21-22-15-9-6-10-16(25-18(20)24)17(15)19(2,3)4/h5-11H,1-4H3,(H2,20,24). The van der Waals surface area contributed by atoms with Gasteiger partial charge in [0.2, 0.25) is 0 Å². The molecule has 0 aliphatic carbocycles. The van der Waals surface area contributed by atoms with Crippen LogP contribution >= 0.6 is 0 Å². The van der Waals surface area contributed by atoms with Crippen LogP contribution in [-0.4, -0.2) is 11.9 Å². The highest BCUT2D eigenvalue weighted by Gasteiger charge is 2.24. The van der Waals surface area contributed by atoms with Crippen molar-refractivity contribution in [1.82, 2.24) is 0 Å². The molecule has 2 rings (SSSR count). The summed E-state index contributed by atoms with van der Waals surface area (Å²) in [6, 6.07) is 12.1. The SMILES string of the molecule is CC(=O)c1cccc(N=Nc2cccc(OC(N)=O)c2C(C)(C)C)c1.